The van der Waals surface area contributed by atoms with Gasteiger partial charge < -0.3 is 4.90 Å². The smallest absolute Gasteiger partial charge is 0.280 e. The number of piperazine rings is 1. The first-order valence-electron chi connectivity index (χ1n) is 10.5. The number of likely N-dealkylation sites (N-methyl/N-ethyl adjacent to an activating group) is 1. The average Bonchev–Trinajstić information content (AvgIpc) is 3.22. The second kappa shape index (κ2) is 9.15. The zero-order valence-electron chi connectivity index (χ0n) is 17.3. The van der Waals surface area contributed by atoms with E-state index in [1.165, 1.54) is 16.9 Å². The minimum absolute atomic E-state index is 0.00240. The zero-order valence-corrected chi connectivity index (χ0v) is 18.1. The van der Waals surface area contributed by atoms with Crippen LogP contribution in [0.3, 0.4) is 0 Å². The normalized spacial score (nSPS) is 17.0. The quantitative estimate of drug-likeness (QED) is 0.598. The highest BCUT2D eigenvalue weighted by molar-refractivity contribution is 7.16. The molecule has 0 aliphatic carbocycles. The number of hydrogen-bond donors (Lipinski definition) is 0. The Kier molecular flexibility index (Phi) is 6.37. The molecule has 1 saturated heterocycles. The number of fused-ring (bicyclic) bond motifs is 1. The summed E-state index contributed by atoms with van der Waals surface area (Å²) in [4.78, 5) is 28.2. The van der Waals surface area contributed by atoms with Gasteiger partial charge in [-0.15, -0.1) is 11.3 Å². The lowest BCUT2D eigenvalue weighted by atomic mass is 10.1. The minimum atomic E-state index is -0.00240. The van der Waals surface area contributed by atoms with Crippen LogP contribution in [0.15, 0.2) is 40.6 Å². The van der Waals surface area contributed by atoms with Gasteiger partial charge in [-0.25, -0.2) is 9.97 Å². The number of benzene rings is 1. The van der Waals surface area contributed by atoms with Crippen molar-refractivity contribution in [2.24, 2.45) is 0 Å². The molecule has 7 heteroatoms. The second-order valence-corrected chi connectivity index (χ2v) is 8.65. The fourth-order valence-corrected chi connectivity index (χ4v) is 4.76. The van der Waals surface area contributed by atoms with Crippen LogP contribution < -0.4 is 5.56 Å². The summed E-state index contributed by atoms with van der Waals surface area (Å²) in [7, 11) is 2.17. The van der Waals surface area contributed by atoms with Gasteiger partial charge in [-0.1, -0.05) is 43.7 Å². The van der Waals surface area contributed by atoms with Crippen LogP contribution in [0.4, 0.5) is 0 Å². The van der Waals surface area contributed by atoms with E-state index < -0.39 is 0 Å². The van der Waals surface area contributed by atoms with E-state index in [0.29, 0.717) is 12.1 Å². The van der Waals surface area contributed by atoms with Crippen LogP contribution in [0, 0.1) is 0 Å². The largest absolute Gasteiger partial charge is 0.304 e. The molecule has 6 nitrogen and oxygen atoms in total. The first-order chi connectivity index (χ1) is 14.2. The van der Waals surface area contributed by atoms with Gasteiger partial charge in [0.25, 0.3) is 5.56 Å². The van der Waals surface area contributed by atoms with Crippen LogP contribution in [0.5, 0.6) is 0 Å². The van der Waals surface area contributed by atoms with Crippen molar-refractivity contribution in [3.63, 3.8) is 0 Å². The van der Waals surface area contributed by atoms with Crippen molar-refractivity contribution >= 4 is 21.7 Å². The van der Waals surface area contributed by atoms with Crippen molar-refractivity contribution < 1.29 is 0 Å². The maximum absolute atomic E-state index is 13.3. The molecule has 0 radical (unpaired) electrons. The Bertz CT molecular complexity index is 991. The minimum Gasteiger partial charge on any atom is -0.304 e. The lowest BCUT2D eigenvalue weighted by Crippen LogP contribution is -2.47. The zero-order chi connectivity index (χ0) is 20.2. The summed E-state index contributed by atoms with van der Waals surface area (Å²) in [5, 5.41) is 0. The molecular weight excluding hydrogens is 382 g/mol. The number of thiazole rings is 1. The molecule has 0 amide bonds. The molecule has 29 heavy (non-hydrogen) atoms. The van der Waals surface area contributed by atoms with E-state index in [1.54, 1.807) is 5.51 Å². The lowest BCUT2D eigenvalue weighted by molar-refractivity contribution is 0.0994. The van der Waals surface area contributed by atoms with Crippen molar-refractivity contribution in [2.45, 2.75) is 38.8 Å². The maximum Gasteiger partial charge on any atom is 0.280 e. The molecule has 1 unspecified atom stereocenters. The van der Waals surface area contributed by atoms with Gasteiger partial charge in [0, 0.05) is 32.7 Å². The van der Waals surface area contributed by atoms with E-state index >= 15 is 0 Å². The first-order valence-corrected chi connectivity index (χ1v) is 11.4. The summed E-state index contributed by atoms with van der Waals surface area (Å²) in [5.41, 5.74) is 3.46. The van der Waals surface area contributed by atoms with Gasteiger partial charge in [-0.05, 0) is 25.5 Å². The van der Waals surface area contributed by atoms with Crippen LogP contribution >= 0.6 is 11.3 Å². The molecule has 3 heterocycles. The van der Waals surface area contributed by atoms with Gasteiger partial charge in [0.15, 0.2) is 10.3 Å². The van der Waals surface area contributed by atoms with Crippen molar-refractivity contribution in [1.29, 1.82) is 0 Å². The Morgan fingerprint density at radius 1 is 1.14 bits per heavy atom. The van der Waals surface area contributed by atoms with Crippen LogP contribution in [-0.4, -0.2) is 57.6 Å². The summed E-state index contributed by atoms with van der Waals surface area (Å²) in [5.74, 6) is 0.911. The number of nitrogens with zero attached hydrogens (tertiary/aromatic N) is 5. The molecule has 0 N–H and O–H groups in total. The van der Waals surface area contributed by atoms with E-state index in [2.05, 4.69) is 40.9 Å². The van der Waals surface area contributed by atoms with E-state index in [0.717, 1.165) is 56.1 Å². The van der Waals surface area contributed by atoms with Crippen LogP contribution in [0.1, 0.15) is 37.2 Å². The summed E-state index contributed by atoms with van der Waals surface area (Å²) in [6, 6.07) is 10.5. The Morgan fingerprint density at radius 2 is 1.90 bits per heavy atom. The predicted molar refractivity (Wildman–Crippen MR) is 119 cm³/mol. The fourth-order valence-electron chi connectivity index (χ4n) is 4.10. The predicted octanol–water partition coefficient (Wildman–Crippen LogP) is 3.18. The van der Waals surface area contributed by atoms with E-state index in [4.69, 9.17) is 4.98 Å². The number of aromatic nitrogens is 3. The number of hydrogen-bond acceptors (Lipinski definition) is 6. The molecular formula is C22H29N5OS. The van der Waals surface area contributed by atoms with Crippen molar-refractivity contribution in [3.05, 3.63) is 57.6 Å². The fraction of sp³-hybridized carbons (Fsp3) is 0.500. The second-order valence-electron chi connectivity index (χ2n) is 7.81. The SMILES string of the molecule is CCCC(c1nc2scnc2c(=O)n1CCc1ccccc1)N1CCN(C)CC1. The maximum atomic E-state index is 13.3. The van der Waals surface area contributed by atoms with Gasteiger partial charge in [0.2, 0.25) is 0 Å². The average molecular weight is 412 g/mol. The Hall–Kier alpha value is -2.09. The molecule has 2 aromatic heterocycles. The van der Waals surface area contributed by atoms with Gasteiger partial charge in [0.1, 0.15) is 5.82 Å². The van der Waals surface area contributed by atoms with Crippen molar-refractivity contribution in [2.75, 3.05) is 33.2 Å². The monoisotopic (exact) mass is 411 g/mol. The molecule has 0 bridgehead atoms. The molecule has 3 aromatic rings. The summed E-state index contributed by atoms with van der Waals surface area (Å²) < 4.78 is 1.90. The molecule has 1 atom stereocenters. The van der Waals surface area contributed by atoms with Gasteiger partial charge >= 0.3 is 0 Å². The van der Waals surface area contributed by atoms with Crippen molar-refractivity contribution in [1.82, 2.24) is 24.3 Å². The van der Waals surface area contributed by atoms with Gasteiger partial charge in [-0.2, -0.15) is 0 Å². The third-order valence-corrected chi connectivity index (χ3v) is 6.51. The number of aryl methyl sites for hydroxylation is 1. The highest BCUT2D eigenvalue weighted by Gasteiger charge is 2.28. The molecule has 1 aliphatic heterocycles. The van der Waals surface area contributed by atoms with E-state index in [9.17, 15) is 4.79 Å². The lowest BCUT2D eigenvalue weighted by Gasteiger charge is -2.38. The summed E-state index contributed by atoms with van der Waals surface area (Å²) in [6.07, 6.45) is 2.88. The standard InChI is InChI=1S/C22H29N5OS/c1-3-7-18(26-14-12-25(2)13-15-26)20-24-21-19(23-16-29-21)22(28)27(20)11-10-17-8-5-4-6-9-17/h4-6,8-9,16,18H,3,7,10-15H2,1-2H3. The molecule has 1 aliphatic rings. The third-order valence-electron chi connectivity index (χ3n) is 5.79. The van der Waals surface area contributed by atoms with Gasteiger partial charge in [-0.3, -0.25) is 14.3 Å². The van der Waals surface area contributed by atoms with E-state index in [1.807, 2.05) is 22.8 Å². The molecule has 0 saturated carbocycles. The first kappa shape index (κ1) is 20.2. The topological polar surface area (TPSA) is 54.3 Å². The van der Waals surface area contributed by atoms with Crippen LogP contribution in [0.25, 0.3) is 10.3 Å². The Morgan fingerprint density at radius 3 is 2.62 bits per heavy atom. The van der Waals surface area contributed by atoms with Crippen molar-refractivity contribution in [3.8, 4) is 0 Å². The number of rotatable bonds is 7. The van der Waals surface area contributed by atoms with Crippen LogP contribution in [-0.2, 0) is 13.0 Å². The molecule has 154 valence electrons. The molecule has 1 fully saturated rings. The Balaban J connectivity index is 1.72. The third kappa shape index (κ3) is 4.42. The molecule has 4 rings (SSSR count). The highest BCUT2D eigenvalue weighted by Crippen LogP contribution is 2.27. The Labute approximate surface area is 175 Å². The van der Waals surface area contributed by atoms with Gasteiger partial charge in [0.05, 0.1) is 11.6 Å². The summed E-state index contributed by atoms with van der Waals surface area (Å²) >= 11 is 1.46. The van der Waals surface area contributed by atoms with Crippen LogP contribution in [0.2, 0.25) is 0 Å². The molecule has 1 aromatic carbocycles. The van der Waals surface area contributed by atoms with E-state index in [-0.39, 0.29) is 11.6 Å². The summed E-state index contributed by atoms with van der Waals surface area (Å²) in [6.45, 7) is 6.97. The highest BCUT2D eigenvalue weighted by atomic mass is 32.1. The molecule has 0 spiro atoms.